The monoisotopic (exact) mass is 341 g/mol. The Hall–Kier alpha value is -2.84. The number of aromatic nitrogens is 2. The minimum Gasteiger partial charge on any atom is -0.325 e. The third-order valence-electron chi connectivity index (χ3n) is 3.13. The van der Waals surface area contributed by atoms with Crippen molar-refractivity contribution in [3.63, 3.8) is 0 Å². The highest BCUT2D eigenvalue weighted by molar-refractivity contribution is 5.90. The second kappa shape index (κ2) is 6.73. The Kier molecular flexibility index (Phi) is 4.91. The third-order valence-corrected chi connectivity index (χ3v) is 3.13. The van der Waals surface area contributed by atoms with E-state index in [1.165, 1.54) is 0 Å². The van der Waals surface area contributed by atoms with Gasteiger partial charge >= 0.3 is 17.3 Å². The maximum atomic E-state index is 12.3. The largest absolute Gasteiger partial charge is 0.406 e. The molecule has 0 spiro atoms. The molecule has 2 aromatic rings. The normalized spacial score (nSPS) is 11.3. The van der Waals surface area contributed by atoms with Gasteiger partial charge in [-0.2, -0.15) is 13.2 Å². The van der Waals surface area contributed by atoms with Gasteiger partial charge in [0.05, 0.1) is 0 Å². The van der Waals surface area contributed by atoms with Gasteiger partial charge in [-0.15, -0.1) is 0 Å². The number of halogens is 3. The van der Waals surface area contributed by atoms with Gasteiger partial charge in [-0.05, 0) is 19.1 Å². The van der Waals surface area contributed by atoms with Gasteiger partial charge in [-0.25, -0.2) is 0 Å². The second-order valence-electron chi connectivity index (χ2n) is 5.19. The molecule has 0 fully saturated rings. The molecule has 0 aliphatic heterocycles. The number of amides is 1. The minimum atomic E-state index is -4.62. The average Bonchev–Trinajstić information content (AvgIpc) is 2.48. The molecule has 0 saturated heterocycles. The van der Waals surface area contributed by atoms with Gasteiger partial charge in [0.25, 0.3) is 0 Å². The smallest absolute Gasteiger partial charge is 0.325 e. The first-order chi connectivity index (χ1) is 11.2. The molecular weight excluding hydrogens is 327 g/mol. The van der Waals surface area contributed by atoms with E-state index in [0.29, 0.717) is 5.69 Å². The van der Waals surface area contributed by atoms with Crippen LogP contribution in [-0.4, -0.2) is 21.2 Å². The predicted octanol–water partition coefficient (Wildman–Crippen LogP) is 1.52. The van der Waals surface area contributed by atoms with Crippen molar-refractivity contribution in [3.8, 4) is 0 Å². The van der Waals surface area contributed by atoms with Crippen LogP contribution < -0.4 is 16.4 Å². The molecule has 1 N–H and O–H groups in total. The van der Waals surface area contributed by atoms with Crippen LogP contribution in [0.3, 0.4) is 0 Å². The van der Waals surface area contributed by atoms with Crippen molar-refractivity contribution in [3.05, 3.63) is 62.9 Å². The summed E-state index contributed by atoms with van der Waals surface area (Å²) in [5, 5.41) is 2.53. The van der Waals surface area contributed by atoms with Crippen molar-refractivity contribution in [1.29, 1.82) is 0 Å². The van der Waals surface area contributed by atoms with Crippen LogP contribution in [0, 0.1) is 6.92 Å². The number of carbonyl (C=O) groups excluding carboxylic acids is 1. The lowest BCUT2D eigenvalue weighted by atomic mass is 10.2. The zero-order chi connectivity index (χ0) is 17.9. The molecule has 0 bridgehead atoms. The molecule has 0 aliphatic rings. The zero-order valence-corrected chi connectivity index (χ0v) is 12.6. The molecule has 0 radical (unpaired) electrons. The average molecular weight is 341 g/mol. The van der Waals surface area contributed by atoms with E-state index in [2.05, 4.69) is 5.32 Å². The lowest BCUT2D eigenvalue weighted by Crippen LogP contribution is -2.43. The number of rotatable bonds is 4. The van der Waals surface area contributed by atoms with Gasteiger partial charge in [0, 0.05) is 18.1 Å². The lowest BCUT2D eigenvalue weighted by Gasteiger charge is -2.11. The molecular formula is C15H14F3N3O3. The van der Waals surface area contributed by atoms with Crippen molar-refractivity contribution in [2.24, 2.45) is 0 Å². The molecule has 2 rings (SSSR count). The summed E-state index contributed by atoms with van der Waals surface area (Å²) in [6, 6.07) is 6.88. The molecule has 0 unspecified atom stereocenters. The van der Waals surface area contributed by atoms with Crippen molar-refractivity contribution in [2.75, 3.05) is 5.32 Å². The number of alkyl halides is 3. The number of benzene rings is 1. The van der Waals surface area contributed by atoms with E-state index < -0.39 is 36.3 Å². The Bertz CT molecular complexity index is 851. The van der Waals surface area contributed by atoms with Crippen LogP contribution in [0.1, 0.15) is 5.56 Å². The Morgan fingerprint density at radius 2 is 1.58 bits per heavy atom. The van der Waals surface area contributed by atoms with Crippen LogP contribution in [0.2, 0.25) is 0 Å². The van der Waals surface area contributed by atoms with Gasteiger partial charge < -0.3 is 9.88 Å². The summed E-state index contributed by atoms with van der Waals surface area (Å²) in [5.41, 5.74) is -1.03. The standard InChI is InChI=1S/C15H14F3N3O3/c1-10-2-4-11(5-3-10)19-12(22)8-20-6-7-21(9-15(16,17)18)14(24)13(20)23/h2-7H,8-9H2,1H3,(H,19,22). The lowest BCUT2D eigenvalue weighted by molar-refractivity contribution is -0.141. The first-order valence-electron chi connectivity index (χ1n) is 6.89. The number of nitrogens with one attached hydrogen (secondary N) is 1. The van der Waals surface area contributed by atoms with Gasteiger partial charge in [-0.3, -0.25) is 19.0 Å². The first-order valence-corrected chi connectivity index (χ1v) is 6.89. The molecule has 0 aliphatic carbocycles. The highest BCUT2D eigenvalue weighted by Gasteiger charge is 2.28. The Morgan fingerprint density at radius 3 is 2.17 bits per heavy atom. The number of hydrogen-bond acceptors (Lipinski definition) is 3. The van der Waals surface area contributed by atoms with Crippen LogP contribution in [0.5, 0.6) is 0 Å². The van der Waals surface area contributed by atoms with E-state index in [4.69, 9.17) is 0 Å². The molecule has 0 saturated carbocycles. The molecule has 1 amide bonds. The first kappa shape index (κ1) is 17.5. The summed E-state index contributed by atoms with van der Waals surface area (Å²) in [4.78, 5) is 35.3. The maximum absolute atomic E-state index is 12.3. The molecule has 0 atom stereocenters. The summed E-state index contributed by atoms with van der Waals surface area (Å²) in [6.45, 7) is -0.159. The number of aryl methyl sites for hydroxylation is 1. The van der Waals surface area contributed by atoms with Gasteiger partial charge in [0.1, 0.15) is 13.1 Å². The van der Waals surface area contributed by atoms with Gasteiger partial charge in [-0.1, -0.05) is 17.7 Å². The summed E-state index contributed by atoms with van der Waals surface area (Å²) in [5.74, 6) is -0.575. The summed E-state index contributed by atoms with van der Waals surface area (Å²) >= 11 is 0. The molecule has 9 heteroatoms. The molecule has 128 valence electrons. The topological polar surface area (TPSA) is 73.1 Å². The number of hydrogen-bond donors (Lipinski definition) is 1. The summed E-state index contributed by atoms with van der Waals surface area (Å²) in [7, 11) is 0. The van der Waals surface area contributed by atoms with Crippen molar-refractivity contribution < 1.29 is 18.0 Å². The molecule has 6 nitrogen and oxygen atoms in total. The van der Waals surface area contributed by atoms with Gasteiger partial charge in [0.15, 0.2) is 0 Å². The van der Waals surface area contributed by atoms with E-state index in [-0.39, 0.29) is 4.57 Å². The number of nitrogens with zero attached hydrogens (tertiary/aromatic N) is 2. The van der Waals surface area contributed by atoms with E-state index in [9.17, 15) is 27.6 Å². The SMILES string of the molecule is Cc1ccc(NC(=O)Cn2ccn(CC(F)(F)F)c(=O)c2=O)cc1. The fourth-order valence-electron chi connectivity index (χ4n) is 1.98. The fraction of sp³-hybridized carbons (Fsp3) is 0.267. The van der Waals surface area contributed by atoms with E-state index in [1.54, 1.807) is 24.3 Å². The van der Waals surface area contributed by atoms with Crippen molar-refractivity contribution in [2.45, 2.75) is 26.2 Å². The van der Waals surface area contributed by atoms with Crippen LogP contribution >= 0.6 is 0 Å². The Balaban J connectivity index is 2.14. The van der Waals surface area contributed by atoms with Crippen molar-refractivity contribution in [1.82, 2.24) is 9.13 Å². The summed E-state index contributed by atoms with van der Waals surface area (Å²) in [6.07, 6.45) is -2.81. The molecule has 1 aromatic heterocycles. The van der Waals surface area contributed by atoms with Crippen LogP contribution in [0.4, 0.5) is 18.9 Å². The minimum absolute atomic E-state index is 0.261. The third kappa shape index (κ3) is 4.58. The highest BCUT2D eigenvalue weighted by Crippen LogP contribution is 2.15. The van der Waals surface area contributed by atoms with Crippen molar-refractivity contribution >= 4 is 11.6 Å². The van der Waals surface area contributed by atoms with Crippen LogP contribution in [0.25, 0.3) is 0 Å². The number of carbonyl (C=O) groups is 1. The van der Waals surface area contributed by atoms with E-state index in [1.807, 2.05) is 6.92 Å². The van der Waals surface area contributed by atoms with Crippen LogP contribution in [-0.2, 0) is 17.9 Å². The molecule has 24 heavy (non-hydrogen) atoms. The molecule has 1 aromatic carbocycles. The Labute approximate surface area is 134 Å². The second-order valence-corrected chi connectivity index (χ2v) is 5.19. The van der Waals surface area contributed by atoms with E-state index >= 15 is 0 Å². The maximum Gasteiger partial charge on any atom is 0.406 e. The predicted molar refractivity (Wildman–Crippen MR) is 80.8 cm³/mol. The summed E-state index contributed by atoms with van der Waals surface area (Å²) < 4.78 is 37.9. The Morgan fingerprint density at radius 1 is 1.04 bits per heavy atom. The quantitative estimate of drug-likeness (QED) is 0.857. The van der Waals surface area contributed by atoms with Crippen LogP contribution in [0.15, 0.2) is 46.2 Å². The van der Waals surface area contributed by atoms with Gasteiger partial charge in [0.2, 0.25) is 5.91 Å². The zero-order valence-electron chi connectivity index (χ0n) is 12.6. The number of anilines is 1. The fourth-order valence-corrected chi connectivity index (χ4v) is 1.98. The highest BCUT2D eigenvalue weighted by atomic mass is 19.4. The van der Waals surface area contributed by atoms with E-state index in [0.717, 1.165) is 22.5 Å². The molecule has 1 heterocycles.